The molecule has 0 bridgehead atoms. The largest absolute Gasteiger partial charge is 0.456 e. The van der Waals surface area contributed by atoms with E-state index in [2.05, 4.69) is 36.9 Å². The van der Waals surface area contributed by atoms with Gasteiger partial charge < -0.3 is 10.5 Å². The van der Waals surface area contributed by atoms with Gasteiger partial charge in [-0.15, -0.1) is 0 Å². The van der Waals surface area contributed by atoms with Gasteiger partial charge in [0.25, 0.3) is 6.02 Å². The number of rotatable bonds is 0. The fourth-order valence-corrected chi connectivity index (χ4v) is 4.47. The maximum Gasteiger partial charge on any atom is 0.282 e. The molecule has 2 N–H and O–H groups in total. The third-order valence-corrected chi connectivity index (χ3v) is 7.73. The molecule has 1 saturated heterocycles. The lowest BCUT2D eigenvalue weighted by molar-refractivity contribution is 0.216. The summed E-state index contributed by atoms with van der Waals surface area (Å²) in [5.41, 5.74) is 5.33. The van der Waals surface area contributed by atoms with E-state index in [1.54, 1.807) is 0 Å². The molecule has 0 aromatic carbocycles. The Kier molecular flexibility index (Phi) is 1.95. The molecule has 8 heteroatoms. The highest BCUT2D eigenvalue weighted by Gasteiger charge is 2.61. The fourth-order valence-electron chi connectivity index (χ4n) is 1.40. The van der Waals surface area contributed by atoms with Crippen molar-refractivity contribution in [3.05, 3.63) is 0 Å². The molecule has 2 heterocycles. The van der Waals surface area contributed by atoms with Gasteiger partial charge in [-0.3, -0.25) is 0 Å². The van der Waals surface area contributed by atoms with Gasteiger partial charge in [-0.05, 0) is 0 Å². The molecule has 0 amide bonds. The molecule has 13 heavy (non-hydrogen) atoms. The van der Waals surface area contributed by atoms with E-state index in [1.807, 2.05) is 0 Å². The predicted molar refractivity (Wildman–Crippen MR) is 54.7 cm³/mol. The Balaban J connectivity index is 2.44. The second-order valence-electron chi connectivity index (χ2n) is 2.92. The van der Waals surface area contributed by atoms with Crippen LogP contribution in [0.2, 0.25) is 0 Å². The van der Waals surface area contributed by atoms with Gasteiger partial charge >= 0.3 is 0 Å². The average molecular weight is 334 g/mol. The number of aliphatic imine (C=N–C) groups is 1. The van der Waals surface area contributed by atoms with Crippen LogP contribution in [0.5, 0.6) is 0 Å². The van der Waals surface area contributed by atoms with Gasteiger partial charge in [-0.2, -0.15) is 0 Å². The van der Waals surface area contributed by atoms with Crippen LogP contribution in [0, 0.1) is 0 Å². The van der Waals surface area contributed by atoms with Gasteiger partial charge in [0.05, 0.1) is 5.75 Å². The first-order valence-electron chi connectivity index (χ1n) is 3.44. The number of sulfone groups is 1. The molecule has 0 radical (unpaired) electrons. The standard InChI is InChI=1S/C5H6Br2N2O3S/c6-5(7)3-2(1-13(5,10)11)9-4(8)12-3/h2-3H,1H2,(H2,8,9). The third kappa shape index (κ3) is 1.22. The number of alkyl halides is 2. The monoisotopic (exact) mass is 332 g/mol. The molecule has 2 atom stereocenters. The number of hydrogen-bond donors (Lipinski definition) is 1. The van der Waals surface area contributed by atoms with E-state index in [0.29, 0.717) is 0 Å². The smallest absolute Gasteiger partial charge is 0.282 e. The molecule has 2 rings (SSSR count). The van der Waals surface area contributed by atoms with Crippen LogP contribution >= 0.6 is 31.9 Å². The Morgan fingerprint density at radius 1 is 1.62 bits per heavy atom. The van der Waals surface area contributed by atoms with Crippen molar-refractivity contribution in [1.82, 2.24) is 0 Å². The van der Waals surface area contributed by atoms with E-state index < -0.39 is 24.5 Å². The molecule has 5 nitrogen and oxygen atoms in total. The summed E-state index contributed by atoms with van der Waals surface area (Å²) in [5.74, 6) is -0.0468. The lowest BCUT2D eigenvalue weighted by Crippen LogP contribution is -2.35. The zero-order valence-corrected chi connectivity index (χ0v) is 10.3. The number of halogens is 2. The van der Waals surface area contributed by atoms with Crippen molar-refractivity contribution in [1.29, 1.82) is 0 Å². The van der Waals surface area contributed by atoms with Crippen LogP contribution in [0.25, 0.3) is 0 Å². The number of fused-ring (bicyclic) bond motifs is 1. The van der Waals surface area contributed by atoms with E-state index >= 15 is 0 Å². The second kappa shape index (κ2) is 2.60. The summed E-state index contributed by atoms with van der Waals surface area (Å²) in [5, 5.41) is 0. The number of nitrogens with two attached hydrogens (primary N) is 1. The van der Waals surface area contributed by atoms with Crippen molar-refractivity contribution in [2.24, 2.45) is 10.7 Å². The van der Waals surface area contributed by atoms with Crippen molar-refractivity contribution >= 4 is 47.7 Å². The summed E-state index contributed by atoms with van der Waals surface area (Å²) >= 11 is 6.15. The minimum Gasteiger partial charge on any atom is -0.456 e. The normalized spacial score (nSPS) is 39.4. The maximum atomic E-state index is 11.5. The molecule has 2 aliphatic rings. The van der Waals surface area contributed by atoms with Crippen molar-refractivity contribution in [3.63, 3.8) is 0 Å². The van der Waals surface area contributed by atoms with Crippen LogP contribution in [0.3, 0.4) is 0 Å². The van der Waals surface area contributed by atoms with Gasteiger partial charge in [-0.25, -0.2) is 13.4 Å². The third-order valence-electron chi connectivity index (χ3n) is 2.03. The molecule has 0 aromatic heterocycles. The second-order valence-corrected chi connectivity index (χ2v) is 9.74. The molecular weight excluding hydrogens is 328 g/mol. The summed E-state index contributed by atoms with van der Waals surface area (Å²) in [6.45, 7) is 0. The Hall–Kier alpha value is 0.180. The van der Waals surface area contributed by atoms with Crippen LogP contribution in [0.15, 0.2) is 4.99 Å². The first kappa shape index (κ1) is 9.72. The van der Waals surface area contributed by atoms with E-state index in [0.717, 1.165) is 0 Å². The number of nitrogens with zero attached hydrogens (tertiary/aromatic N) is 1. The molecule has 2 unspecified atom stereocenters. The zero-order valence-electron chi connectivity index (χ0n) is 6.28. The molecular formula is C5H6Br2N2O3S. The van der Waals surface area contributed by atoms with Crippen LogP contribution in [-0.4, -0.2) is 34.9 Å². The minimum atomic E-state index is -3.26. The van der Waals surface area contributed by atoms with E-state index in [1.165, 1.54) is 0 Å². The lowest BCUT2D eigenvalue weighted by Gasteiger charge is -2.19. The SMILES string of the molecule is NC1=NC2CS(=O)(=O)C(Br)(Br)C2O1. The van der Waals surface area contributed by atoms with Gasteiger partial charge in [0.2, 0.25) is 2.57 Å². The van der Waals surface area contributed by atoms with E-state index in [4.69, 9.17) is 10.5 Å². The topological polar surface area (TPSA) is 81.8 Å². The quantitative estimate of drug-likeness (QED) is 0.630. The van der Waals surface area contributed by atoms with E-state index in [-0.39, 0.29) is 11.8 Å². The highest BCUT2D eigenvalue weighted by atomic mass is 79.9. The first-order valence-corrected chi connectivity index (χ1v) is 6.68. The first-order chi connectivity index (χ1) is 5.84. The lowest BCUT2D eigenvalue weighted by atomic mass is 10.2. The number of amidine groups is 1. The van der Waals surface area contributed by atoms with Crippen LogP contribution in [0.4, 0.5) is 0 Å². The Morgan fingerprint density at radius 2 is 2.23 bits per heavy atom. The molecule has 74 valence electrons. The van der Waals surface area contributed by atoms with E-state index in [9.17, 15) is 8.42 Å². The van der Waals surface area contributed by atoms with Crippen molar-refractivity contribution in [2.75, 3.05) is 5.75 Å². The van der Waals surface area contributed by atoms with Crippen LogP contribution in [0.1, 0.15) is 0 Å². The average Bonchev–Trinajstić information content (AvgIpc) is 2.35. The predicted octanol–water partition coefficient (Wildman–Crippen LogP) is -0.0595. The minimum absolute atomic E-state index is 0.0468. The molecule has 1 fully saturated rings. The maximum absolute atomic E-state index is 11.5. The highest BCUT2D eigenvalue weighted by molar-refractivity contribution is 9.28. The molecule has 2 aliphatic heterocycles. The van der Waals surface area contributed by atoms with Gasteiger partial charge in [0.15, 0.2) is 15.9 Å². The van der Waals surface area contributed by atoms with Crippen molar-refractivity contribution in [3.8, 4) is 0 Å². The summed E-state index contributed by atoms with van der Waals surface area (Å²) < 4.78 is 26.9. The molecule has 0 spiro atoms. The van der Waals surface area contributed by atoms with Crippen molar-refractivity contribution in [2.45, 2.75) is 14.7 Å². The van der Waals surface area contributed by atoms with Gasteiger partial charge in [0.1, 0.15) is 6.04 Å². The Bertz CT molecular complexity index is 377. The Labute approximate surface area is 91.9 Å². The molecule has 0 aliphatic carbocycles. The van der Waals surface area contributed by atoms with Crippen molar-refractivity contribution < 1.29 is 13.2 Å². The summed E-state index contributed by atoms with van der Waals surface area (Å²) in [6, 6.07) is -0.350. The number of ether oxygens (including phenoxy) is 1. The van der Waals surface area contributed by atoms with Gasteiger partial charge in [-0.1, -0.05) is 31.9 Å². The van der Waals surface area contributed by atoms with Crippen LogP contribution in [-0.2, 0) is 14.6 Å². The Morgan fingerprint density at radius 3 is 2.77 bits per heavy atom. The van der Waals surface area contributed by atoms with Crippen LogP contribution < -0.4 is 5.73 Å². The fraction of sp³-hybridized carbons (Fsp3) is 0.800. The number of hydrogen-bond acceptors (Lipinski definition) is 5. The summed E-state index contributed by atoms with van der Waals surface area (Å²) in [6.07, 6.45) is -0.572. The molecule has 0 aromatic rings. The zero-order chi connectivity index (χ0) is 9.85. The molecule has 0 saturated carbocycles. The highest BCUT2D eigenvalue weighted by Crippen LogP contribution is 2.47. The summed E-state index contributed by atoms with van der Waals surface area (Å²) in [7, 11) is -3.26. The summed E-state index contributed by atoms with van der Waals surface area (Å²) in [4.78, 5) is 3.87. The van der Waals surface area contributed by atoms with Gasteiger partial charge in [0, 0.05) is 0 Å².